The lowest BCUT2D eigenvalue weighted by atomic mass is 9.88. The van der Waals surface area contributed by atoms with Gasteiger partial charge in [-0.2, -0.15) is 0 Å². The van der Waals surface area contributed by atoms with Crippen molar-refractivity contribution in [2.75, 3.05) is 19.7 Å². The summed E-state index contributed by atoms with van der Waals surface area (Å²) in [6.45, 7) is 2.21. The van der Waals surface area contributed by atoms with Crippen molar-refractivity contribution in [2.24, 2.45) is 23.7 Å². The topological polar surface area (TPSA) is 71.5 Å². The average Bonchev–Trinajstić information content (AvgIpc) is 3.25. The van der Waals surface area contributed by atoms with E-state index in [2.05, 4.69) is 15.2 Å². The number of aromatic nitrogens is 1. The first kappa shape index (κ1) is 20.0. The summed E-state index contributed by atoms with van der Waals surface area (Å²) in [6.07, 6.45) is 10.1. The molecular formula is C24H33N3O3. The van der Waals surface area contributed by atoms with E-state index >= 15 is 0 Å². The molecule has 2 saturated carbocycles. The van der Waals surface area contributed by atoms with Crippen LogP contribution in [-0.2, 0) is 14.3 Å². The van der Waals surface area contributed by atoms with E-state index in [1.54, 1.807) is 6.20 Å². The number of nitrogens with one attached hydrogen (secondary N) is 1. The van der Waals surface area contributed by atoms with Crippen LogP contribution in [0.5, 0.6) is 0 Å². The van der Waals surface area contributed by atoms with Crippen molar-refractivity contribution < 1.29 is 14.3 Å². The molecule has 1 aromatic rings. The molecule has 3 heterocycles. The van der Waals surface area contributed by atoms with Crippen molar-refractivity contribution in [3.8, 4) is 0 Å². The first-order chi connectivity index (χ1) is 14.7. The lowest BCUT2D eigenvalue weighted by molar-refractivity contribution is -0.135. The van der Waals surface area contributed by atoms with Gasteiger partial charge >= 0.3 is 0 Å². The van der Waals surface area contributed by atoms with Gasteiger partial charge in [-0.15, -0.1) is 0 Å². The summed E-state index contributed by atoms with van der Waals surface area (Å²) in [7, 11) is 0. The van der Waals surface area contributed by atoms with Gasteiger partial charge < -0.3 is 15.0 Å². The Morgan fingerprint density at radius 1 is 1.07 bits per heavy atom. The minimum Gasteiger partial charge on any atom is -0.368 e. The number of amides is 2. The number of hydrogen-bond acceptors (Lipinski definition) is 4. The van der Waals surface area contributed by atoms with Crippen molar-refractivity contribution in [3.05, 3.63) is 30.1 Å². The molecule has 2 aliphatic carbocycles. The van der Waals surface area contributed by atoms with Gasteiger partial charge in [-0.05, 0) is 62.5 Å². The standard InChI is InChI=1S/C24H33N3O3/c28-23(20-11-6-14-30-20)26-22(19-10-3-4-12-25-19)16-7-5-13-27(15-16)24(29)21-17-8-1-2-9-18(17)21/h3-4,10,12,16-18,20-22H,1-2,5-9,11,13-15H2,(H,26,28)/t16-,17-,18+,20-,21?,22+/m1/s1. The fraction of sp³-hybridized carbons (Fsp3) is 0.708. The Morgan fingerprint density at radius 2 is 1.90 bits per heavy atom. The molecule has 2 amide bonds. The summed E-state index contributed by atoms with van der Waals surface area (Å²) < 4.78 is 5.60. The number of hydrogen-bond donors (Lipinski definition) is 1. The highest BCUT2D eigenvalue weighted by molar-refractivity contribution is 5.83. The van der Waals surface area contributed by atoms with Crippen LogP contribution in [0.25, 0.3) is 0 Å². The molecule has 6 atom stereocenters. The van der Waals surface area contributed by atoms with Gasteiger partial charge in [0.1, 0.15) is 6.10 Å². The van der Waals surface area contributed by atoms with Crippen LogP contribution in [0.2, 0.25) is 0 Å². The smallest absolute Gasteiger partial charge is 0.249 e. The molecule has 1 aromatic heterocycles. The minimum atomic E-state index is -0.355. The summed E-state index contributed by atoms with van der Waals surface area (Å²) >= 11 is 0. The van der Waals surface area contributed by atoms with Crippen molar-refractivity contribution in [1.29, 1.82) is 0 Å². The summed E-state index contributed by atoms with van der Waals surface area (Å²) in [5, 5.41) is 3.23. The normalized spacial score (nSPS) is 34.1. The van der Waals surface area contributed by atoms with Gasteiger partial charge in [0.15, 0.2) is 0 Å². The van der Waals surface area contributed by atoms with Crippen LogP contribution in [0, 0.1) is 23.7 Å². The highest BCUT2D eigenvalue weighted by Gasteiger charge is 2.56. The van der Waals surface area contributed by atoms with E-state index in [4.69, 9.17) is 4.74 Å². The maximum absolute atomic E-state index is 13.3. The van der Waals surface area contributed by atoms with Gasteiger partial charge in [-0.25, -0.2) is 0 Å². The van der Waals surface area contributed by atoms with Crippen molar-refractivity contribution >= 4 is 11.8 Å². The third kappa shape index (κ3) is 3.98. The molecule has 0 bridgehead atoms. The molecule has 6 heteroatoms. The predicted molar refractivity (Wildman–Crippen MR) is 112 cm³/mol. The number of carbonyl (C=O) groups is 2. The van der Waals surface area contributed by atoms with Crippen molar-refractivity contribution in [3.63, 3.8) is 0 Å². The first-order valence-electron chi connectivity index (χ1n) is 11.8. The van der Waals surface area contributed by atoms with E-state index in [1.165, 1.54) is 25.7 Å². The van der Waals surface area contributed by atoms with Crippen LogP contribution in [0.4, 0.5) is 0 Å². The fourth-order valence-electron chi connectivity index (χ4n) is 6.08. The molecule has 2 saturated heterocycles. The van der Waals surface area contributed by atoms with E-state index in [0.29, 0.717) is 30.9 Å². The number of carbonyl (C=O) groups excluding carboxylic acids is 2. The zero-order valence-electron chi connectivity index (χ0n) is 17.7. The van der Waals surface area contributed by atoms with Gasteiger partial charge in [0, 0.05) is 37.7 Å². The van der Waals surface area contributed by atoms with E-state index in [-0.39, 0.29) is 29.9 Å². The van der Waals surface area contributed by atoms with Gasteiger partial charge in [-0.1, -0.05) is 18.9 Å². The second-order valence-electron chi connectivity index (χ2n) is 9.57. The summed E-state index contributed by atoms with van der Waals surface area (Å²) in [4.78, 5) is 32.7. The highest BCUT2D eigenvalue weighted by Crippen LogP contribution is 2.56. The molecule has 30 heavy (non-hydrogen) atoms. The Balaban J connectivity index is 1.29. The first-order valence-corrected chi connectivity index (χ1v) is 11.8. The van der Waals surface area contributed by atoms with Crippen LogP contribution >= 0.6 is 0 Å². The monoisotopic (exact) mass is 411 g/mol. The molecule has 162 valence electrons. The zero-order chi connectivity index (χ0) is 20.5. The molecule has 5 rings (SSSR count). The molecule has 2 aliphatic heterocycles. The van der Waals surface area contributed by atoms with Crippen LogP contribution in [0.1, 0.15) is 63.1 Å². The number of likely N-dealkylation sites (tertiary alicyclic amines) is 1. The van der Waals surface area contributed by atoms with Crippen LogP contribution in [-0.4, -0.2) is 47.5 Å². The molecule has 0 spiro atoms. The molecule has 0 aromatic carbocycles. The van der Waals surface area contributed by atoms with Crippen LogP contribution < -0.4 is 5.32 Å². The molecule has 1 unspecified atom stereocenters. The lowest BCUT2D eigenvalue weighted by Crippen LogP contribution is -2.47. The maximum Gasteiger partial charge on any atom is 0.249 e. The second-order valence-corrected chi connectivity index (χ2v) is 9.57. The van der Waals surface area contributed by atoms with Crippen LogP contribution in [0.3, 0.4) is 0 Å². The molecular weight excluding hydrogens is 378 g/mol. The summed E-state index contributed by atoms with van der Waals surface area (Å²) in [5.74, 6) is 2.04. The number of rotatable bonds is 5. The fourth-order valence-corrected chi connectivity index (χ4v) is 6.08. The predicted octanol–water partition coefficient (Wildman–Crippen LogP) is 3.09. The molecule has 1 N–H and O–H groups in total. The lowest BCUT2D eigenvalue weighted by Gasteiger charge is -2.37. The van der Waals surface area contributed by atoms with Crippen LogP contribution in [0.15, 0.2) is 24.4 Å². The number of ether oxygens (including phenoxy) is 1. The van der Waals surface area contributed by atoms with E-state index in [1.807, 2.05) is 18.2 Å². The van der Waals surface area contributed by atoms with Gasteiger partial charge in [0.05, 0.1) is 11.7 Å². The number of pyridine rings is 1. The van der Waals surface area contributed by atoms with E-state index in [0.717, 1.165) is 37.9 Å². The Hall–Kier alpha value is -1.95. The zero-order valence-corrected chi connectivity index (χ0v) is 17.7. The number of fused-ring (bicyclic) bond motifs is 1. The Morgan fingerprint density at radius 3 is 2.60 bits per heavy atom. The average molecular weight is 412 g/mol. The number of piperidine rings is 1. The third-order valence-electron chi connectivity index (χ3n) is 7.71. The van der Waals surface area contributed by atoms with Gasteiger partial charge in [0.2, 0.25) is 11.8 Å². The van der Waals surface area contributed by atoms with Gasteiger partial charge in [0.25, 0.3) is 0 Å². The largest absolute Gasteiger partial charge is 0.368 e. The third-order valence-corrected chi connectivity index (χ3v) is 7.71. The Bertz CT molecular complexity index is 752. The molecule has 0 radical (unpaired) electrons. The van der Waals surface area contributed by atoms with E-state index in [9.17, 15) is 9.59 Å². The summed E-state index contributed by atoms with van der Waals surface area (Å²) in [5.41, 5.74) is 0.878. The molecule has 4 fully saturated rings. The van der Waals surface area contributed by atoms with Crippen molar-refractivity contribution in [2.45, 2.75) is 63.5 Å². The SMILES string of the molecule is O=C(N[C@H](c1ccccn1)[C@@H]1CCCN(C(=O)C2[C@H]3CCCC[C@@H]23)C1)[C@H]1CCCO1. The molecule has 4 aliphatic rings. The Labute approximate surface area is 178 Å². The Kier molecular flexibility index (Phi) is 5.77. The highest BCUT2D eigenvalue weighted by atomic mass is 16.5. The van der Waals surface area contributed by atoms with E-state index < -0.39 is 0 Å². The minimum absolute atomic E-state index is 0.0418. The summed E-state index contributed by atoms with van der Waals surface area (Å²) in [6, 6.07) is 5.67. The van der Waals surface area contributed by atoms with Gasteiger partial charge in [-0.3, -0.25) is 14.6 Å². The second kappa shape index (κ2) is 8.66. The van der Waals surface area contributed by atoms with Crippen molar-refractivity contribution in [1.82, 2.24) is 15.2 Å². The number of nitrogens with zero attached hydrogens (tertiary/aromatic N) is 2. The molecule has 6 nitrogen and oxygen atoms in total. The maximum atomic E-state index is 13.3. The quantitative estimate of drug-likeness (QED) is 0.808.